The Morgan fingerprint density at radius 2 is 1.77 bits per heavy atom. The number of ether oxygens (including phenoxy) is 1. The number of carbonyl (C=O) groups excluding carboxylic acids is 2. The first kappa shape index (κ1) is 24.3. The van der Waals surface area contributed by atoms with Crippen molar-refractivity contribution in [3.63, 3.8) is 0 Å². The average molecular weight is 494 g/mol. The quantitative estimate of drug-likeness (QED) is 0.513. The third kappa shape index (κ3) is 5.30. The van der Waals surface area contributed by atoms with E-state index in [1.165, 1.54) is 23.5 Å². The number of hydrogen-bond acceptors (Lipinski definition) is 5. The maximum absolute atomic E-state index is 13.1. The van der Waals surface area contributed by atoms with Crippen LogP contribution in [0.25, 0.3) is 0 Å². The number of amides is 2. The molecule has 1 saturated heterocycles. The molecular formula is C26H27N3O5S. The summed E-state index contributed by atoms with van der Waals surface area (Å²) in [4.78, 5) is 27.1. The Hall–Kier alpha value is -3.85. The van der Waals surface area contributed by atoms with Gasteiger partial charge >= 0.3 is 0 Å². The number of nitrogens with zero attached hydrogens (tertiary/aromatic N) is 2. The van der Waals surface area contributed by atoms with Crippen molar-refractivity contribution in [1.29, 1.82) is 0 Å². The summed E-state index contributed by atoms with van der Waals surface area (Å²) in [6.45, 7) is 2.69. The average Bonchev–Trinajstić information content (AvgIpc) is 3.26. The summed E-state index contributed by atoms with van der Waals surface area (Å²) in [5, 5.41) is 2.77. The Labute approximate surface area is 205 Å². The standard InChI is InChI=1S/C26H27N3O5S/c1-3-34-23-14-12-22(13-15-23)29-18-19(16-25(29)30)26(31)27-20-8-7-11-24(17-20)35(32,33)28(2)21-9-5-4-6-10-21/h4-15,17,19H,3,16,18H2,1-2H3,(H,27,31)/t19-/m1/s1. The predicted octanol–water partition coefficient (Wildman–Crippen LogP) is 3.90. The van der Waals surface area contributed by atoms with Crippen LogP contribution in [-0.4, -0.2) is 40.4 Å². The zero-order valence-corrected chi connectivity index (χ0v) is 20.4. The highest BCUT2D eigenvalue weighted by Crippen LogP contribution is 2.28. The summed E-state index contributed by atoms with van der Waals surface area (Å²) in [5.41, 5.74) is 1.58. The second kappa shape index (κ2) is 10.2. The molecule has 0 spiro atoms. The van der Waals surface area contributed by atoms with Gasteiger partial charge in [-0.15, -0.1) is 0 Å². The third-order valence-corrected chi connectivity index (χ3v) is 7.62. The zero-order chi connectivity index (χ0) is 25.0. The molecule has 3 aromatic carbocycles. The Bertz CT molecular complexity index is 1310. The van der Waals surface area contributed by atoms with Crippen molar-refractivity contribution < 1.29 is 22.7 Å². The highest BCUT2D eigenvalue weighted by molar-refractivity contribution is 7.92. The molecule has 1 aliphatic heterocycles. The van der Waals surface area contributed by atoms with E-state index in [9.17, 15) is 18.0 Å². The highest BCUT2D eigenvalue weighted by atomic mass is 32.2. The van der Waals surface area contributed by atoms with Crippen LogP contribution in [0.1, 0.15) is 13.3 Å². The van der Waals surface area contributed by atoms with E-state index in [0.29, 0.717) is 29.4 Å². The first-order valence-electron chi connectivity index (χ1n) is 11.3. The van der Waals surface area contributed by atoms with Gasteiger partial charge in [-0.25, -0.2) is 8.42 Å². The number of hydrogen-bond donors (Lipinski definition) is 1. The lowest BCUT2D eigenvalue weighted by Crippen LogP contribution is -2.28. The van der Waals surface area contributed by atoms with Crippen molar-refractivity contribution in [2.75, 3.05) is 34.7 Å². The molecule has 8 nitrogen and oxygen atoms in total. The molecule has 1 aliphatic rings. The molecule has 35 heavy (non-hydrogen) atoms. The first-order valence-corrected chi connectivity index (χ1v) is 12.7. The minimum Gasteiger partial charge on any atom is -0.494 e. The Morgan fingerprint density at radius 3 is 2.46 bits per heavy atom. The number of benzene rings is 3. The normalized spacial score (nSPS) is 15.7. The summed E-state index contributed by atoms with van der Waals surface area (Å²) in [5.74, 6) is -0.320. The molecule has 0 saturated carbocycles. The summed E-state index contributed by atoms with van der Waals surface area (Å²) in [6.07, 6.45) is 0.0772. The van der Waals surface area contributed by atoms with Gasteiger partial charge in [0.1, 0.15) is 5.75 Å². The van der Waals surface area contributed by atoms with Crippen LogP contribution >= 0.6 is 0 Å². The molecule has 0 bridgehead atoms. The van der Waals surface area contributed by atoms with Gasteiger partial charge in [0.15, 0.2) is 0 Å². The van der Waals surface area contributed by atoms with E-state index in [1.807, 2.05) is 13.0 Å². The minimum absolute atomic E-state index is 0.0557. The third-order valence-electron chi connectivity index (χ3n) is 5.83. The molecule has 4 rings (SSSR count). The van der Waals surface area contributed by atoms with Crippen LogP contribution in [-0.2, 0) is 19.6 Å². The van der Waals surface area contributed by atoms with Crippen molar-refractivity contribution in [2.24, 2.45) is 5.92 Å². The largest absolute Gasteiger partial charge is 0.494 e. The summed E-state index contributed by atoms with van der Waals surface area (Å²) in [6, 6.07) is 22.0. The van der Waals surface area contributed by atoms with Gasteiger partial charge in [-0.1, -0.05) is 24.3 Å². The molecule has 1 atom stereocenters. The topological polar surface area (TPSA) is 96.0 Å². The lowest BCUT2D eigenvalue weighted by molar-refractivity contribution is -0.122. The van der Waals surface area contributed by atoms with Crippen LogP contribution in [0, 0.1) is 5.92 Å². The number of carbonyl (C=O) groups is 2. The van der Waals surface area contributed by atoms with Crippen LogP contribution in [0.4, 0.5) is 17.1 Å². The van der Waals surface area contributed by atoms with Gasteiger partial charge in [-0.05, 0) is 61.5 Å². The molecular weight excluding hydrogens is 466 g/mol. The Balaban J connectivity index is 1.45. The molecule has 2 amide bonds. The van der Waals surface area contributed by atoms with Gasteiger partial charge in [0.2, 0.25) is 11.8 Å². The molecule has 0 aliphatic carbocycles. The van der Waals surface area contributed by atoms with Crippen LogP contribution in [0.3, 0.4) is 0 Å². The Morgan fingerprint density at radius 1 is 1.06 bits per heavy atom. The number of sulfonamides is 1. The van der Waals surface area contributed by atoms with Gasteiger partial charge in [0.25, 0.3) is 10.0 Å². The van der Waals surface area contributed by atoms with E-state index in [-0.39, 0.29) is 29.7 Å². The van der Waals surface area contributed by atoms with E-state index in [1.54, 1.807) is 65.6 Å². The van der Waals surface area contributed by atoms with Gasteiger partial charge in [0.05, 0.1) is 23.1 Å². The van der Waals surface area contributed by atoms with E-state index in [0.717, 1.165) is 0 Å². The predicted molar refractivity (Wildman–Crippen MR) is 135 cm³/mol. The molecule has 0 aromatic heterocycles. The van der Waals surface area contributed by atoms with Crippen molar-refractivity contribution in [2.45, 2.75) is 18.2 Å². The van der Waals surface area contributed by atoms with Crippen LogP contribution in [0.15, 0.2) is 83.8 Å². The van der Waals surface area contributed by atoms with Gasteiger partial charge in [-0.3, -0.25) is 13.9 Å². The number of rotatable bonds is 8. The Kier molecular flexibility index (Phi) is 7.07. The van der Waals surface area contributed by atoms with Crippen molar-refractivity contribution in [1.82, 2.24) is 0 Å². The lowest BCUT2D eigenvalue weighted by atomic mass is 10.1. The van der Waals surface area contributed by atoms with Crippen molar-refractivity contribution in [3.05, 3.63) is 78.9 Å². The van der Waals surface area contributed by atoms with Crippen LogP contribution < -0.4 is 19.3 Å². The van der Waals surface area contributed by atoms with Crippen molar-refractivity contribution >= 4 is 38.9 Å². The molecule has 0 radical (unpaired) electrons. The number of anilines is 3. The van der Waals surface area contributed by atoms with E-state index >= 15 is 0 Å². The molecule has 1 N–H and O–H groups in total. The van der Waals surface area contributed by atoms with Crippen LogP contribution in [0.2, 0.25) is 0 Å². The summed E-state index contributed by atoms with van der Waals surface area (Å²) >= 11 is 0. The minimum atomic E-state index is -3.82. The van der Waals surface area contributed by atoms with Crippen molar-refractivity contribution in [3.8, 4) is 5.75 Å². The monoisotopic (exact) mass is 493 g/mol. The molecule has 9 heteroatoms. The molecule has 1 heterocycles. The highest BCUT2D eigenvalue weighted by Gasteiger charge is 2.35. The van der Waals surface area contributed by atoms with Gasteiger partial charge in [-0.2, -0.15) is 0 Å². The maximum Gasteiger partial charge on any atom is 0.264 e. The van der Waals surface area contributed by atoms with Gasteiger partial charge < -0.3 is 15.0 Å². The number of para-hydroxylation sites is 1. The fourth-order valence-corrected chi connectivity index (χ4v) is 5.18. The zero-order valence-electron chi connectivity index (χ0n) is 19.5. The maximum atomic E-state index is 13.1. The molecule has 1 fully saturated rings. The van der Waals surface area contributed by atoms with E-state index in [4.69, 9.17) is 4.74 Å². The fraction of sp³-hybridized carbons (Fsp3) is 0.231. The molecule has 3 aromatic rings. The smallest absolute Gasteiger partial charge is 0.264 e. The number of nitrogens with one attached hydrogen (secondary N) is 1. The SMILES string of the molecule is CCOc1ccc(N2C[C@H](C(=O)Nc3cccc(S(=O)(=O)N(C)c4ccccc4)c3)CC2=O)cc1. The fourth-order valence-electron chi connectivity index (χ4n) is 3.94. The lowest BCUT2D eigenvalue weighted by Gasteiger charge is -2.20. The summed E-state index contributed by atoms with van der Waals surface area (Å²) < 4.78 is 32.8. The summed E-state index contributed by atoms with van der Waals surface area (Å²) in [7, 11) is -2.34. The van der Waals surface area contributed by atoms with E-state index < -0.39 is 15.9 Å². The van der Waals surface area contributed by atoms with E-state index in [2.05, 4.69) is 5.32 Å². The second-order valence-corrected chi connectivity index (χ2v) is 10.1. The molecule has 182 valence electrons. The van der Waals surface area contributed by atoms with Crippen LogP contribution in [0.5, 0.6) is 5.75 Å². The first-order chi connectivity index (χ1) is 16.8. The van der Waals surface area contributed by atoms with Gasteiger partial charge in [0, 0.05) is 31.4 Å². The second-order valence-electron chi connectivity index (χ2n) is 8.16. The molecule has 0 unspecified atom stereocenters.